The Kier molecular flexibility index (Phi) is 4.12. The summed E-state index contributed by atoms with van der Waals surface area (Å²) in [6.07, 6.45) is 0. The quantitative estimate of drug-likeness (QED) is 0.824. The molecule has 8 heteroatoms. The van der Waals surface area contributed by atoms with Crippen LogP contribution < -0.4 is 0 Å². The number of fused-ring (bicyclic) bond motifs is 1. The van der Waals surface area contributed by atoms with Crippen LogP contribution in [0.3, 0.4) is 0 Å². The van der Waals surface area contributed by atoms with Gasteiger partial charge in [-0.2, -0.15) is 0 Å². The molecule has 1 aliphatic rings. The van der Waals surface area contributed by atoms with Crippen LogP contribution in [-0.4, -0.2) is 30.9 Å². The second-order valence-electron chi connectivity index (χ2n) is 5.35. The molecule has 0 aliphatic carbocycles. The number of halogens is 2. The van der Waals surface area contributed by atoms with E-state index in [4.69, 9.17) is 22.3 Å². The molecule has 1 amide bonds. The van der Waals surface area contributed by atoms with Gasteiger partial charge in [0.2, 0.25) is 0 Å². The summed E-state index contributed by atoms with van der Waals surface area (Å²) in [5.74, 6) is -0.333. The Bertz CT molecular complexity index is 945. The minimum atomic E-state index is -4.10. The van der Waals surface area contributed by atoms with E-state index in [-0.39, 0.29) is 27.9 Å². The van der Waals surface area contributed by atoms with Crippen molar-refractivity contribution in [3.63, 3.8) is 0 Å². The van der Waals surface area contributed by atoms with Crippen LogP contribution in [0.15, 0.2) is 47.4 Å². The summed E-state index contributed by atoms with van der Waals surface area (Å²) in [6.45, 7) is 1.96. The molecule has 126 valence electrons. The van der Waals surface area contributed by atoms with Crippen molar-refractivity contribution >= 4 is 37.2 Å². The van der Waals surface area contributed by atoms with Gasteiger partial charge in [0.15, 0.2) is 5.72 Å². The van der Waals surface area contributed by atoms with Crippen LogP contribution >= 0.6 is 22.3 Å². The number of amides is 1. The molecular weight excluding hydrogens is 373 g/mol. The highest BCUT2D eigenvalue weighted by Crippen LogP contribution is 2.43. The number of carbonyl (C=O) groups excluding carboxylic acids is 1. The molecule has 0 radical (unpaired) electrons. The second-order valence-corrected chi connectivity index (χ2v) is 8.29. The van der Waals surface area contributed by atoms with E-state index in [9.17, 15) is 18.3 Å². The van der Waals surface area contributed by atoms with Gasteiger partial charge in [-0.15, -0.1) is 0 Å². The predicted octanol–water partition coefficient (Wildman–Crippen LogP) is 2.94. The van der Waals surface area contributed by atoms with Crippen molar-refractivity contribution in [2.75, 3.05) is 6.54 Å². The van der Waals surface area contributed by atoms with Crippen molar-refractivity contribution in [1.29, 1.82) is 0 Å². The summed E-state index contributed by atoms with van der Waals surface area (Å²) in [6, 6.07) is 10.7. The Balaban J connectivity index is 2.30. The van der Waals surface area contributed by atoms with Gasteiger partial charge in [-0.05, 0) is 25.1 Å². The van der Waals surface area contributed by atoms with Gasteiger partial charge in [0.25, 0.3) is 15.0 Å². The summed E-state index contributed by atoms with van der Waals surface area (Å²) in [4.78, 5) is 13.5. The number of nitrogens with zero attached hydrogens (tertiary/aromatic N) is 1. The normalized spacial score (nSPS) is 20.3. The number of aliphatic hydroxyl groups is 1. The Hall–Kier alpha value is -1.60. The summed E-state index contributed by atoms with van der Waals surface area (Å²) < 4.78 is 23.4. The Morgan fingerprint density at radius 3 is 2.50 bits per heavy atom. The van der Waals surface area contributed by atoms with Crippen molar-refractivity contribution in [3.8, 4) is 0 Å². The molecule has 1 aliphatic heterocycles. The molecular formula is C16H13Cl2NO4S. The smallest absolute Gasteiger partial charge is 0.262 e. The van der Waals surface area contributed by atoms with Gasteiger partial charge < -0.3 is 10.0 Å². The van der Waals surface area contributed by atoms with Crippen molar-refractivity contribution in [1.82, 2.24) is 4.90 Å². The highest BCUT2D eigenvalue weighted by atomic mass is 35.7. The van der Waals surface area contributed by atoms with E-state index in [0.717, 1.165) is 0 Å². The summed E-state index contributed by atoms with van der Waals surface area (Å²) in [5.41, 5.74) is -0.834. The molecule has 3 rings (SSSR count). The molecule has 0 saturated heterocycles. The van der Waals surface area contributed by atoms with E-state index in [2.05, 4.69) is 0 Å². The molecule has 2 aromatic carbocycles. The van der Waals surface area contributed by atoms with Gasteiger partial charge in [-0.1, -0.05) is 35.9 Å². The summed E-state index contributed by atoms with van der Waals surface area (Å²) in [5, 5.41) is 11.3. The first-order chi connectivity index (χ1) is 11.2. The standard InChI is InChI=1S/C16H13Cl2NO4S/c1-2-19-15(20)11-5-3-4-6-12(11)16(19,21)10-7-8-13(17)14(9-10)24(18,22)23/h3-9,21H,2H2,1H3. The van der Waals surface area contributed by atoms with E-state index in [1.54, 1.807) is 31.2 Å². The van der Waals surface area contributed by atoms with Crippen molar-refractivity contribution < 1.29 is 18.3 Å². The second kappa shape index (κ2) is 5.74. The van der Waals surface area contributed by atoms with Crippen LogP contribution in [0.5, 0.6) is 0 Å². The van der Waals surface area contributed by atoms with Crippen LogP contribution in [-0.2, 0) is 14.8 Å². The fraction of sp³-hybridized carbons (Fsp3) is 0.188. The number of hydrogen-bond donors (Lipinski definition) is 1. The molecule has 2 aromatic rings. The molecule has 0 bridgehead atoms. The van der Waals surface area contributed by atoms with Crippen LogP contribution in [0.2, 0.25) is 5.02 Å². The number of hydrogen-bond acceptors (Lipinski definition) is 4. The lowest BCUT2D eigenvalue weighted by atomic mass is 9.94. The zero-order valence-electron chi connectivity index (χ0n) is 12.5. The van der Waals surface area contributed by atoms with E-state index in [1.807, 2.05) is 0 Å². The van der Waals surface area contributed by atoms with E-state index in [1.165, 1.54) is 23.1 Å². The minimum absolute atomic E-state index is 0.0574. The maximum atomic E-state index is 12.6. The maximum Gasteiger partial charge on any atom is 0.262 e. The average molecular weight is 386 g/mol. The van der Waals surface area contributed by atoms with E-state index < -0.39 is 14.8 Å². The van der Waals surface area contributed by atoms with Gasteiger partial charge in [0.1, 0.15) is 4.90 Å². The first kappa shape index (κ1) is 17.2. The fourth-order valence-corrected chi connectivity index (χ4v) is 4.49. The van der Waals surface area contributed by atoms with Gasteiger partial charge >= 0.3 is 0 Å². The zero-order valence-corrected chi connectivity index (χ0v) is 14.9. The minimum Gasteiger partial charge on any atom is -0.363 e. The Morgan fingerprint density at radius 1 is 1.21 bits per heavy atom. The van der Waals surface area contributed by atoms with Crippen molar-refractivity contribution in [2.24, 2.45) is 0 Å². The van der Waals surface area contributed by atoms with Gasteiger partial charge in [-0.3, -0.25) is 4.79 Å². The molecule has 0 saturated carbocycles. The Labute approximate surface area is 148 Å². The third kappa shape index (κ3) is 2.41. The lowest BCUT2D eigenvalue weighted by molar-refractivity contribution is -0.0475. The molecule has 5 nitrogen and oxygen atoms in total. The third-order valence-corrected chi connectivity index (χ3v) is 5.88. The van der Waals surface area contributed by atoms with Crippen LogP contribution in [0.25, 0.3) is 0 Å². The first-order valence-corrected chi connectivity index (χ1v) is 9.78. The molecule has 1 atom stereocenters. The van der Waals surface area contributed by atoms with E-state index in [0.29, 0.717) is 11.1 Å². The molecule has 1 heterocycles. The third-order valence-electron chi connectivity index (χ3n) is 4.08. The molecule has 0 aromatic heterocycles. The Morgan fingerprint density at radius 2 is 1.88 bits per heavy atom. The number of rotatable bonds is 3. The lowest BCUT2D eigenvalue weighted by Crippen LogP contribution is -2.44. The zero-order chi connectivity index (χ0) is 17.7. The molecule has 1 N–H and O–H groups in total. The SMILES string of the molecule is CCN1C(=O)c2ccccc2C1(O)c1ccc(Cl)c(S(=O)(=O)Cl)c1. The van der Waals surface area contributed by atoms with Crippen LogP contribution in [0.1, 0.15) is 28.4 Å². The highest BCUT2D eigenvalue weighted by Gasteiger charge is 2.49. The molecule has 24 heavy (non-hydrogen) atoms. The topological polar surface area (TPSA) is 74.7 Å². The van der Waals surface area contributed by atoms with Crippen LogP contribution in [0.4, 0.5) is 0 Å². The maximum absolute atomic E-state index is 12.6. The lowest BCUT2D eigenvalue weighted by Gasteiger charge is -2.34. The highest BCUT2D eigenvalue weighted by molar-refractivity contribution is 8.13. The average Bonchev–Trinajstić information content (AvgIpc) is 2.76. The molecule has 0 spiro atoms. The summed E-state index contributed by atoms with van der Waals surface area (Å²) >= 11 is 5.91. The fourth-order valence-electron chi connectivity index (χ4n) is 3.00. The number of benzene rings is 2. The first-order valence-electron chi connectivity index (χ1n) is 7.09. The van der Waals surface area contributed by atoms with Gasteiger partial charge in [0.05, 0.1) is 5.02 Å². The predicted molar refractivity (Wildman–Crippen MR) is 90.6 cm³/mol. The number of carbonyl (C=O) groups is 1. The largest absolute Gasteiger partial charge is 0.363 e. The van der Waals surface area contributed by atoms with Crippen LogP contribution in [0, 0.1) is 0 Å². The monoisotopic (exact) mass is 385 g/mol. The summed E-state index contributed by atoms with van der Waals surface area (Å²) in [7, 11) is 1.31. The van der Waals surface area contributed by atoms with Gasteiger partial charge in [-0.25, -0.2) is 8.42 Å². The van der Waals surface area contributed by atoms with E-state index >= 15 is 0 Å². The molecule has 1 unspecified atom stereocenters. The van der Waals surface area contributed by atoms with Crippen molar-refractivity contribution in [3.05, 3.63) is 64.2 Å². The van der Waals surface area contributed by atoms with Gasteiger partial charge in [0, 0.05) is 33.9 Å². The molecule has 0 fully saturated rings. The van der Waals surface area contributed by atoms with Crippen molar-refractivity contribution in [2.45, 2.75) is 17.5 Å².